The number of Topliss-reactive ketones (excluding diaryl/α,β-unsaturated/α-hetero) is 1. The highest BCUT2D eigenvalue weighted by atomic mass is 35.5. The van der Waals surface area contributed by atoms with Gasteiger partial charge in [0.15, 0.2) is 5.78 Å². The van der Waals surface area contributed by atoms with Crippen LogP contribution in [0.5, 0.6) is 17.2 Å². The Morgan fingerprint density at radius 2 is 1.73 bits per heavy atom. The molecule has 0 radical (unpaired) electrons. The summed E-state index contributed by atoms with van der Waals surface area (Å²) in [5.74, 6) is 0.760. The van der Waals surface area contributed by atoms with Crippen molar-refractivity contribution in [1.82, 2.24) is 0 Å². The number of para-hydroxylation sites is 1. The van der Waals surface area contributed by atoms with Gasteiger partial charge < -0.3 is 19.3 Å². The lowest BCUT2D eigenvalue weighted by atomic mass is 10.0. The van der Waals surface area contributed by atoms with Crippen molar-refractivity contribution in [3.8, 4) is 17.2 Å². The summed E-state index contributed by atoms with van der Waals surface area (Å²) in [6.45, 7) is 6.98. The third kappa shape index (κ3) is 7.95. The van der Waals surface area contributed by atoms with Crippen LogP contribution >= 0.6 is 11.6 Å². The van der Waals surface area contributed by atoms with E-state index in [0.29, 0.717) is 40.7 Å². The molecule has 6 nitrogen and oxygen atoms in total. The van der Waals surface area contributed by atoms with Crippen molar-refractivity contribution in [1.29, 1.82) is 0 Å². The predicted octanol–water partition coefficient (Wildman–Crippen LogP) is 5.23. The predicted molar refractivity (Wildman–Crippen MR) is 117 cm³/mol. The SMILES string of the molecule is CCCc1c(OCC(C)Oc2ccccc2Cl)ccc(C(C)=O)c1O.COC(C)=O. The lowest BCUT2D eigenvalue weighted by Crippen LogP contribution is -2.21. The van der Waals surface area contributed by atoms with Crippen LogP contribution < -0.4 is 9.47 Å². The monoisotopic (exact) mass is 436 g/mol. The first kappa shape index (κ1) is 25.3. The van der Waals surface area contributed by atoms with Crippen molar-refractivity contribution in [3.05, 3.63) is 52.5 Å². The standard InChI is InChI=1S/C20H23ClO4.C3H6O2/c1-4-7-16-18(11-10-15(14(3)22)20(16)23)24-12-13(2)25-19-9-6-5-8-17(19)21;1-3(4)5-2/h5-6,8-11,13,23H,4,7,12H2,1-3H3;1-2H3. The molecule has 0 saturated heterocycles. The highest BCUT2D eigenvalue weighted by Gasteiger charge is 2.17. The molecule has 0 saturated carbocycles. The molecule has 2 aromatic rings. The number of carbonyl (C=O) groups excluding carboxylic acids is 2. The summed E-state index contributed by atoms with van der Waals surface area (Å²) in [7, 11) is 1.35. The molecular formula is C23H29ClO6. The molecule has 0 fully saturated rings. The maximum Gasteiger partial charge on any atom is 0.302 e. The Labute approximate surface area is 182 Å². The highest BCUT2D eigenvalue weighted by Crippen LogP contribution is 2.33. The lowest BCUT2D eigenvalue weighted by molar-refractivity contribution is -0.137. The zero-order valence-corrected chi connectivity index (χ0v) is 18.8. The molecule has 1 atom stereocenters. The van der Waals surface area contributed by atoms with Crippen LogP contribution in [0.15, 0.2) is 36.4 Å². The fourth-order valence-electron chi connectivity index (χ4n) is 2.53. The number of halogens is 1. The van der Waals surface area contributed by atoms with E-state index in [1.54, 1.807) is 24.3 Å². The van der Waals surface area contributed by atoms with Crippen molar-refractivity contribution in [2.75, 3.05) is 13.7 Å². The third-order valence-electron chi connectivity index (χ3n) is 4.04. The quantitative estimate of drug-likeness (QED) is 0.451. The molecule has 0 heterocycles. The number of benzene rings is 2. The largest absolute Gasteiger partial charge is 0.507 e. The Morgan fingerprint density at radius 3 is 2.27 bits per heavy atom. The third-order valence-corrected chi connectivity index (χ3v) is 4.36. The van der Waals surface area contributed by atoms with Gasteiger partial charge in [-0.3, -0.25) is 9.59 Å². The smallest absolute Gasteiger partial charge is 0.302 e. The fourth-order valence-corrected chi connectivity index (χ4v) is 2.71. The van der Waals surface area contributed by atoms with Crippen LogP contribution in [-0.2, 0) is 16.0 Å². The van der Waals surface area contributed by atoms with E-state index in [-0.39, 0.29) is 23.6 Å². The number of ketones is 1. The molecule has 0 amide bonds. The summed E-state index contributed by atoms with van der Waals surface area (Å²) < 4.78 is 15.7. The van der Waals surface area contributed by atoms with Crippen LogP contribution in [0.1, 0.15) is 50.0 Å². The van der Waals surface area contributed by atoms with Gasteiger partial charge in [-0.25, -0.2) is 0 Å². The molecule has 30 heavy (non-hydrogen) atoms. The van der Waals surface area contributed by atoms with Crippen molar-refractivity contribution in [3.63, 3.8) is 0 Å². The number of rotatable bonds is 8. The van der Waals surface area contributed by atoms with Crippen molar-refractivity contribution in [2.24, 2.45) is 0 Å². The summed E-state index contributed by atoms with van der Waals surface area (Å²) in [5, 5.41) is 10.9. The number of esters is 1. The van der Waals surface area contributed by atoms with E-state index in [4.69, 9.17) is 21.1 Å². The molecule has 0 bridgehead atoms. The van der Waals surface area contributed by atoms with Gasteiger partial charge in [-0.15, -0.1) is 0 Å². The van der Waals surface area contributed by atoms with Gasteiger partial charge in [0, 0.05) is 12.5 Å². The second-order valence-electron chi connectivity index (χ2n) is 6.61. The molecule has 2 aromatic carbocycles. The van der Waals surface area contributed by atoms with E-state index in [2.05, 4.69) is 4.74 Å². The maximum atomic E-state index is 11.6. The van der Waals surface area contributed by atoms with Gasteiger partial charge in [0.25, 0.3) is 0 Å². The molecule has 7 heteroatoms. The summed E-state index contributed by atoms with van der Waals surface area (Å²) in [6.07, 6.45) is 1.22. The Hall–Kier alpha value is -2.73. The van der Waals surface area contributed by atoms with E-state index in [9.17, 15) is 14.7 Å². The number of phenolic OH excluding ortho intramolecular Hbond substituents is 1. The van der Waals surface area contributed by atoms with Crippen LogP contribution in [0.2, 0.25) is 5.02 Å². The second-order valence-corrected chi connectivity index (χ2v) is 7.02. The molecule has 0 aliphatic carbocycles. The van der Waals surface area contributed by atoms with Crippen LogP contribution in [-0.4, -0.2) is 36.7 Å². The first-order valence-corrected chi connectivity index (χ1v) is 10.0. The average Bonchev–Trinajstić information content (AvgIpc) is 2.70. The van der Waals surface area contributed by atoms with Crippen molar-refractivity contribution < 1.29 is 28.9 Å². The Morgan fingerprint density at radius 1 is 1.10 bits per heavy atom. The number of aromatic hydroxyl groups is 1. The first-order valence-electron chi connectivity index (χ1n) is 9.65. The molecular weight excluding hydrogens is 408 g/mol. The van der Waals surface area contributed by atoms with Crippen LogP contribution in [0, 0.1) is 0 Å². The minimum Gasteiger partial charge on any atom is -0.507 e. The number of ether oxygens (including phenoxy) is 3. The van der Waals surface area contributed by atoms with Crippen LogP contribution in [0.25, 0.3) is 0 Å². The molecule has 1 unspecified atom stereocenters. The van der Waals surface area contributed by atoms with E-state index in [0.717, 1.165) is 6.42 Å². The Balaban J connectivity index is 0.000000804. The summed E-state index contributed by atoms with van der Waals surface area (Å²) >= 11 is 6.09. The first-order chi connectivity index (χ1) is 14.2. The number of carbonyl (C=O) groups is 2. The van der Waals surface area contributed by atoms with Crippen molar-refractivity contribution >= 4 is 23.4 Å². The molecule has 164 valence electrons. The zero-order chi connectivity index (χ0) is 22.7. The van der Waals surface area contributed by atoms with Gasteiger partial charge in [0.05, 0.1) is 17.7 Å². The van der Waals surface area contributed by atoms with Gasteiger partial charge in [0.2, 0.25) is 0 Å². The zero-order valence-electron chi connectivity index (χ0n) is 18.0. The topological polar surface area (TPSA) is 82.1 Å². The van der Waals surface area contributed by atoms with Gasteiger partial charge >= 0.3 is 5.97 Å². The molecule has 0 aliphatic heterocycles. The molecule has 2 rings (SSSR count). The van der Waals surface area contributed by atoms with Gasteiger partial charge in [0.1, 0.15) is 30.0 Å². The number of phenols is 1. The van der Waals surface area contributed by atoms with Crippen LogP contribution in [0.4, 0.5) is 0 Å². The number of hydrogen-bond acceptors (Lipinski definition) is 6. The second kappa shape index (κ2) is 12.8. The summed E-state index contributed by atoms with van der Waals surface area (Å²) in [6, 6.07) is 10.6. The molecule has 0 aliphatic rings. The molecule has 0 spiro atoms. The Kier molecular flexibility index (Phi) is 10.8. The van der Waals surface area contributed by atoms with Crippen molar-refractivity contribution in [2.45, 2.75) is 46.6 Å². The molecule has 1 N–H and O–H groups in total. The molecule has 0 aromatic heterocycles. The average molecular weight is 437 g/mol. The number of hydrogen-bond donors (Lipinski definition) is 1. The van der Waals surface area contributed by atoms with Gasteiger partial charge in [-0.1, -0.05) is 37.1 Å². The Bertz CT molecular complexity index is 850. The van der Waals surface area contributed by atoms with Gasteiger partial charge in [-0.05, 0) is 44.5 Å². The van der Waals surface area contributed by atoms with Crippen LogP contribution in [0.3, 0.4) is 0 Å². The van der Waals surface area contributed by atoms with E-state index >= 15 is 0 Å². The summed E-state index contributed by atoms with van der Waals surface area (Å²) in [5.41, 5.74) is 0.969. The van der Waals surface area contributed by atoms with E-state index in [1.165, 1.54) is 21.0 Å². The summed E-state index contributed by atoms with van der Waals surface area (Å²) in [4.78, 5) is 21.2. The lowest BCUT2D eigenvalue weighted by Gasteiger charge is -2.19. The highest BCUT2D eigenvalue weighted by molar-refractivity contribution is 6.32. The minimum atomic E-state index is -0.245. The minimum absolute atomic E-state index is 0.00604. The maximum absolute atomic E-state index is 11.6. The van der Waals surface area contributed by atoms with E-state index in [1.807, 2.05) is 26.0 Å². The van der Waals surface area contributed by atoms with E-state index < -0.39 is 0 Å². The van der Waals surface area contributed by atoms with Gasteiger partial charge in [-0.2, -0.15) is 0 Å². The fraction of sp³-hybridized carbons (Fsp3) is 0.391. The normalized spacial score (nSPS) is 11.0. The number of methoxy groups -OCH3 is 1.